The van der Waals surface area contributed by atoms with Crippen LogP contribution in [-0.4, -0.2) is 20.7 Å². The van der Waals surface area contributed by atoms with E-state index < -0.39 is 5.91 Å². The standard InChI is InChI=1S/C15H18N2O4/c1-15(2,3)17-7-8(4-13(16)20)14(21)9-5-11(18)12(19)6-10(9)17/h5-7,18-19H,4H2,1-3H3,(H2,16,20). The fourth-order valence-electron chi connectivity index (χ4n) is 2.27. The maximum Gasteiger partial charge on any atom is 0.222 e. The zero-order chi connectivity index (χ0) is 15.9. The van der Waals surface area contributed by atoms with E-state index in [0.29, 0.717) is 5.52 Å². The number of primary amides is 1. The van der Waals surface area contributed by atoms with Crippen molar-refractivity contribution >= 4 is 16.8 Å². The number of rotatable bonds is 2. The molecule has 2 rings (SSSR count). The fraction of sp³-hybridized carbons (Fsp3) is 0.333. The van der Waals surface area contributed by atoms with Gasteiger partial charge in [-0.1, -0.05) is 0 Å². The fourth-order valence-corrected chi connectivity index (χ4v) is 2.27. The van der Waals surface area contributed by atoms with Gasteiger partial charge in [-0.05, 0) is 26.8 Å². The normalized spacial score (nSPS) is 11.8. The van der Waals surface area contributed by atoms with Crippen LogP contribution in [0.1, 0.15) is 26.3 Å². The first-order valence-electron chi connectivity index (χ1n) is 6.50. The van der Waals surface area contributed by atoms with E-state index in [2.05, 4.69) is 0 Å². The van der Waals surface area contributed by atoms with Gasteiger partial charge in [-0.2, -0.15) is 0 Å². The number of carbonyl (C=O) groups excluding carboxylic acids is 1. The van der Waals surface area contributed by atoms with Gasteiger partial charge in [0.1, 0.15) is 0 Å². The third-order valence-electron chi connectivity index (χ3n) is 3.26. The summed E-state index contributed by atoms with van der Waals surface area (Å²) in [5.74, 6) is -1.28. The Morgan fingerprint density at radius 2 is 1.81 bits per heavy atom. The molecule has 2 aromatic rings. The van der Waals surface area contributed by atoms with E-state index in [1.54, 1.807) is 10.8 Å². The van der Waals surface area contributed by atoms with Crippen molar-refractivity contribution in [3.05, 3.63) is 34.1 Å². The van der Waals surface area contributed by atoms with Crippen LogP contribution in [0, 0.1) is 0 Å². The summed E-state index contributed by atoms with van der Waals surface area (Å²) in [4.78, 5) is 23.5. The molecule has 21 heavy (non-hydrogen) atoms. The number of carbonyl (C=O) groups is 1. The molecule has 6 nitrogen and oxygen atoms in total. The summed E-state index contributed by atoms with van der Waals surface area (Å²) in [5.41, 5.74) is 5.15. The molecular weight excluding hydrogens is 272 g/mol. The second-order valence-electron chi connectivity index (χ2n) is 6.03. The Hall–Kier alpha value is -2.50. The van der Waals surface area contributed by atoms with Gasteiger partial charge in [0.05, 0.1) is 11.9 Å². The predicted molar refractivity (Wildman–Crippen MR) is 79.4 cm³/mol. The maximum atomic E-state index is 12.4. The topological polar surface area (TPSA) is 106 Å². The van der Waals surface area contributed by atoms with Crippen LogP contribution in [0.5, 0.6) is 11.5 Å². The van der Waals surface area contributed by atoms with Gasteiger partial charge in [0.25, 0.3) is 0 Å². The Kier molecular flexibility index (Phi) is 3.41. The molecule has 112 valence electrons. The highest BCUT2D eigenvalue weighted by molar-refractivity contribution is 5.85. The third-order valence-corrected chi connectivity index (χ3v) is 3.26. The summed E-state index contributed by atoms with van der Waals surface area (Å²) in [7, 11) is 0. The minimum absolute atomic E-state index is 0.174. The smallest absolute Gasteiger partial charge is 0.222 e. The van der Waals surface area contributed by atoms with Gasteiger partial charge in [0, 0.05) is 28.8 Å². The highest BCUT2D eigenvalue weighted by atomic mass is 16.3. The molecule has 0 aliphatic rings. The van der Waals surface area contributed by atoms with Crippen LogP contribution in [0.25, 0.3) is 10.9 Å². The summed E-state index contributed by atoms with van der Waals surface area (Å²) in [6, 6.07) is 2.55. The van der Waals surface area contributed by atoms with Crippen LogP contribution in [0.2, 0.25) is 0 Å². The van der Waals surface area contributed by atoms with Crippen molar-refractivity contribution < 1.29 is 15.0 Å². The Morgan fingerprint density at radius 3 is 2.33 bits per heavy atom. The Morgan fingerprint density at radius 1 is 1.24 bits per heavy atom. The molecule has 0 spiro atoms. The summed E-state index contributed by atoms with van der Waals surface area (Å²) in [5, 5.41) is 19.5. The second-order valence-corrected chi connectivity index (χ2v) is 6.03. The molecule has 0 atom stereocenters. The van der Waals surface area contributed by atoms with Gasteiger partial charge in [-0.25, -0.2) is 0 Å². The largest absolute Gasteiger partial charge is 0.504 e. The van der Waals surface area contributed by atoms with E-state index >= 15 is 0 Å². The average Bonchev–Trinajstić information content (AvgIpc) is 2.33. The van der Waals surface area contributed by atoms with Crippen LogP contribution in [0.3, 0.4) is 0 Å². The van der Waals surface area contributed by atoms with Gasteiger partial charge < -0.3 is 20.5 Å². The maximum absolute atomic E-state index is 12.4. The molecular formula is C15H18N2O4. The molecule has 0 saturated heterocycles. The molecule has 1 amide bonds. The lowest BCUT2D eigenvalue weighted by atomic mass is 10.0. The lowest BCUT2D eigenvalue weighted by molar-refractivity contribution is -0.117. The first kappa shape index (κ1) is 14.9. The number of nitrogens with two attached hydrogens (primary N) is 1. The van der Waals surface area contributed by atoms with Crippen LogP contribution in [0.4, 0.5) is 0 Å². The molecule has 0 fully saturated rings. The number of fused-ring (bicyclic) bond motifs is 1. The number of pyridine rings is 1. The lowest BCUT2D eigenvalue weighted by Crippen LogP contribution is -2.28. The number of amides is 1. The number of nitrogens with zero attached hydrogens (tertiary/aromatic N) is 1. The van der Waals surface area contributed by atoms with Crippen LogP contribution < -0.4 is 11.2 Å². The molecule has 0 saturated carbocycles. The monoisotopic (exact) mass is 290 g/mol. The molecule has 4 N–H and O–H groups in total. The van der Waals surface area contributed by atoms with Crippen molar-refractivity contribution in [1.82, 2.24) is 4.57 Å². The van der Waals surface area contributed by atoms with E-state index in [4.69, 9.17) is 5.73 Å². The molecule has 1 heterocycles. The van der Waals surface area contributed by atoms with Crippen LogP contribution >= 0.6 is 0 Å². The number of hydrogen-bond donors (Lipinski definition) is 3. The number of hydrogen-bond acceptors (Lipinski definition) is 4. The first-order chi connectivity index (χ1) is 9.61. The SMILES string of the molecule is CC(C)(C)n1cc(CC(N)=O)c(=O)c2cc(O)c(O)cc21. The molecule has 0 aliphatic heterocycles. The van der Waals surface area contributed by atoms with E-state index in [1.165, 1.54) is 12.1 Å². The molecule has 0 aliphatic carbocycles. The van der Waals surface area contributed by atoms with E-state index in [0.717, 1.165) is 0 Å². The summed E-state index contributed by atoms with van der Waals surface area (Å²) in [6.45, 7) is 5.78. The summed E-state index contributed by atoms with van der Waals surface area (Å²) in [6.07, 6.45) is 1.40. The van der Waals surface area contributed by atoms with Gasteiger partial charge >= 0.3 is 0 Å². The van der Waals surface area contributed by atoms with Gasteiger partial charge in [0.15, 0.2) is 16.9 Å². The number of aromatic nitrogens is 1. The Balaban J connectivity index is 2.93. The van der Waals surface area contributed by atoms with Crippen LogP contribution in [-0.2, 0) is 16.8 Å². The first-order valence-corrected chi connectivity index (χ1v) is 6.50. The summed E-state index contributed by atoms with van der Waals surface area (Å²) < 4.78 is 1.78. The van der Waals surface area contributed by atoms with Crippen molar-refractivity contribution in [1.29, 1.82) is 0 Å². The van der Waals surface area contributed by atoms with E-state index in [1.807, 2.05) is 20.8 Å². The number of benzene rings is 1. The molecule has 0 bridgehead atoms. The van der Waals surface area contributed by atoms with Gasteiger partial charge in [0.2, 0.25) is 5.91 Å². The average molecular weight is 290 g/mol. The zero-order valence-electron chi connectivity index (χ0n) is 12.2. The highest BCUT2D eigenvalue weighted by Gasteiger charge is 2.20. The molecule has 0 unspecified atom stereocenters. The molecule has 0 radical (unpaired) electrons. The second kappa shape index (κ2) is 4.80. The van der Waals surface area contributed by atoms with Gasteiger partial charge in [-0.15, -0.1) is 0 Å². The Bertz CT molecular complexity index is 785. The lowest BCUT2D eigenvalue weighted by Gasteiger charge is -2.26. The van der Waals surface area contributed by atoms with Gasteiger partial charge in [-0.3, -0.25) is 9.59 Å². The number of phenols is 2. The van der Waals surface area contributed by atoms with Crippen LogP contribution in [0.15, 0.2) is 23.1 Å². The van der Waals surface area contributed by atoms with Crippen molar-refractivity contribution in [2.24, 2.45) is 5.73 Å². The number of phenolic OH excluding ortho intramolecular Hbond substituents is 2. The van der Waals surface area contributed by atoms with Crippen molar-refractivity contribution in [2.45, 2.75) is 32.7 Å². The highest BCUT2D eigenvalue weighted by Crippen LogP contribution is 2.31. The molecule has 6 heteroatoms. The predicted octanol–water partition coefficient (Wildman–Crippen LogP) is 1.20. The van der Waals surface area contributed by atoms with E-state index in [9.17, 15) is 19.8 Å². The minimum Gasteiger partial charge on any atom is -0.504 e. The van der Waals surface area contributed by atoms with Crippen molar-refractivity contribution in [3.63, 3.8) is 0 Å². The third kappa shape index (κ3) is 2.69. The molecule has 1 aromatic heterocycles. The molecule has 1 aromatic carbocycles. The minimum atomic E-state index is -0.602. The van der Waals surface area contributed by atoms with Crippen molar-refractivity contribution in [3.8, 4) is 11.5 Å². The van der Waals surface area contributed by atoms with Crippen molar-refractivity contribution in [2.75, 3.05) is 0 Å². The zero-order valence-corrected chi connectivity index (χ0v) is 12.2. The Labute approximate surface area is 121 Å². The summed E-state index contributed by atoms with van der Waals surface area (Å²) >= 11 is 0. The van der Waals surface area contributed by atoms with E-state index in [-0.39, 0.29) is 39.8 Å². The quantitative estimate of drug-likeness (QED) is 0.722. The number of aromatic hydroxyl groups is 2.